The lowest BCUT2D eigenvalue weighted by Gasteiger charge is -2.25. The Balaban J connectivity index is 1.44. The van der Waals surface area contributed by atoms with E-state index in [4.69, 9.17) is 5.21 Å². The molecule has 2 aromatic carbocycles. The fraction of sp³-hybridized carbons (Fsp3) is 0.292. The molecule has 2 N–H and O–H groups in total. The highest BCUT2D eigenvalue weighted by molar-refractivity contribution is 5.90. The maximum Gasteiger partial charge on any atom is 0.267 e. The number of nitrogens with one attached hydrogen (secondary N) is 1. The number of nitrogens with zero attached hydrogens (tertiary/aromatic N) is 2. The minimum atomic E-state index is -0.524. The molecule has 1 amide bonds. The van der Waals surface area contributed by atoms with E-state index in [-0.39, 0.29) is 0 Å². The normalized spacial score (nSPS) is 17.4. The molecule has 2 heterocycles. The van der Waals surface area contributed by atoms with Crippen LogP contribution in [0.25, 0.3) is 17.0 Å². The van der Waals surface area contributed by atoms with Crippen LogP contribution in [0.2, 0.25) is 0 Å². The molecular formula is C24H27N3O2. The summed E-state index contributed by atoms with van der Waals surface area (Å²) in [6, 6.07) is 19.6. The quantitative estimate of drug-likeness (QED) is 0.375. The Bertz CT molecular complexity index is 1020. The number of hydrogen-bond acceptors (Lipinski definition) is 3. The molecule has 5 nitrogen and oxygen atoms in total. The van der Waals surface area contributed by atoms with Gasteiger partial charge in [-0.25, -0.2) is 5.48 Å². The van der Waals surface area contributed by atoms with Gasteiger partial charge in [-0.3, -0.25) is 14.9 Å². The summed E-state index contributed by atoms with van der Waals surface area (Å²) in [6.45, 7) is 5.33. The Morgan fingerprint density at radius 3 is 2.76 bits per heavy atom. The van der Waals surface area contributed by atoms with Crippen LogP contribution in [0.5, 0.6) is 0 Å². The maximum atomic E-state index is 11.1. The van der Waals surface area contributed by atoms with Crippen LogP contribution in [0.15, 0.2) is 60.7 Å². The average molecular weight is 389 g/mol. The second kappa shape index (κ2) is 8.64. The lowest BCUT2D eigenvalue weighted by Crippen LogP contribution is -2.27. The Kier molecular flexibility index (Phi) is 5.79. The van der Waals surface area contributed by atoms with Gasteiger partial charge in [-0.05, 0) is 61.0 Å². The third-order valence-electron chi connectivity index (χ3n) is 5.85. The van der Waals surface area contributed by atoms with Crippen molar-refractivity contribution in [2.24, 2.45) is 0 Å². The summed E-state index contributed by atoms with van der Waals surface area (Å²) < 4.78 is 2.42. The number of para-hydroxylation sites is 1. The van der Waals surface area contributed by atoms with E-state index in [1.165, 1.54) is 41.1 Å². The van der Waals surface area contributed by atoms with Gasteiger partial charge in [-0.15, -0.1) is 0 Å². The van der Waals surface area contributed by atoms with E-state index in [0.29, 0.717) is 6.04 Å². The number of aromatic nitrogens is 1. The molecule has 0 unspecified atom stereocenters. The van der Waals surface area contributed by atoms with Crippen LogP contribution in [0, 0.1) is 6.92 Å². The van der Waals surface area contributed by atoms with E-state index in [0.717, 1.165) is 25.2 Å². The van der Waals surface area contributed by atoms with Gasteiger partial charge < -0.3 is 4.57 Å². The van der Waals surface area contributed by atoms with Crippen molar-refractivity contribution in [3.8, 4) is 0 Å². The van der Waals surface area contributed by atoms with Gasteiger partial charge in [-0.1, -0.05) is 42.5 Å². The SMILES string of the molecule is Cc1cc2ccccc2n1CCN1CCC[C@H]1c1ccc(C=CC(=O)NO)cc1. The Hall–Kier alpha value is -2.89. The molecule has 1 aliphatic heterocycles. The lowest BCUT2D eigenvalue weighted by atomic mass is 10.0. The topological polar surface area (TPSA) is 57.5 Å². The number of fused-ring (bicyclic) bond motifs is 1. The first kappa shape index (κ1) is 19.4. The minimum absolute atomic E-state index is 0.441. The molecule has 0 bridgehead atoms. The largest absolute Gasteiger partial charge is 0.344 e. The summed E-state index contributed by atoms with van der Waals surface area (Å²) in [5.74, 6) is -0.524. The van der Waals surface area contributed by atoms with Gasteiger partial charge in [0.1, 0.15) is 0 Å². The van der Waals surface area contributed by atoms with Crippen LogP contribution in [-0.2, 0) is 11.3 Å². The zero-order valence-electron chi connectivity index (χ0n) is 16.7. The summed E-state index contributed by atoms with van der Waals surface area (Å²) in [5, 5.41) is 9.87. The predicted molar refractivity (Wildman–Crippen MR) is 116 cm³/mol. The van der Waals surface area contributed by atoms with Crippen molar-refractivity contribution >= 4 is 22.9 Å². The first-order valence-electron chi connectivity index (χ1n) is 10.2. The number of benzene rings is 2. The number of rotatable bonds is 6. The highest BCUT2D eigenvalue weighted by Crippen LogP contribution is 2.32. The molecule has 0 spiro atoms. The molecule has 1 atom stereocenters. The van der Waals surface area contributed by atoms with E-state index < -0.39 is 5.91 Å². The lowest BCUT2D eigenvalue weighted by molar-refractivity contribution is -0.124. The molecule has 150 valence electrons. The summed E-state index contributed by atoms with van der Waals surface area (Å²) in [6.07, 6.45) is 5.41. The number of aryl methyl sites for hydroxylation is 1. The maximum absolute atomic E-state index is 11.1. The van der Waals surface area contributed by atoms with E-state index in [9.17, 15) is 4.79 Å². The Morgan fingerprint density at radius 2 is 1.97 bits per heavy atom. The highest BCUT2D eigenvalue weighted by Gasteiger charge is 2.25. The molecule has 29 heavy (non-hydrogen) atoms. The van der Waals surface area contributed by atoms with Gasteiger partial charge in [0.25, 0.3) is 5.91 Å². The number of amides is 1. The molecule has 0 saturated carbocycles. The van der Waals surface area contributed by atoms with Crippen molar-refractivity contribution in [2.75, 3.05) is 13.1 Å². The molecule has 1 fully saturated rings. The molecule has 4 rings (SSSR count). The molecule has 0 radical (unpaired) electrons. The van der Waals surface area contributed by atoms with Crippen LogP contribution in [0.3, 0.4) is 0 Å². The fourth-order valence-corrected chi connectivity index (χ4v) is 4.38. The first-order valence-corrected chi connectivity index (χ1v) is 10.2. The van der Waals surface area contributed by atoms with E-state index in [1.807, 2.05) is 12.1 Å². The molecular weight excluding hydrogens is 362 g/mol. The summed E-state index contributed by atoms with van der Waals surface area (Å²) in [5.41, 5.74) is 6.48. The van der Waals surface area contributed by atoms with E-state index in [1.54, 1.807) is 11.6 Å². The van der Waals surface area contributed by atoms with Gasteiger partial charge in [0.15, 0.2) is 0 Å². The van der Waals surface area contributed by atoms with Gasteiger partial charge in [0, 0.05) is 36.4 Å². The third-order valence-corrected chi connectivity index (χ3v) is 5.85. The van der Waals surface area contributed by atoms with Crippen LogP contribution >= 0.6 is 0 Å². The van der Waals surface area contributed by atoms with Crippen molar-refractivity contribution in [1.29, 1.82) is 0 Å². The monoisotopic (exact) mass is 389 g/mol. The van der Waals surface area contributed by atoms with Gasteiger partial charge in [-0.2, -0.15) is 0 Å². The van der Waals surface area contributed by atoms with Crippen molar-refractivity contribution in [3.63, 3.8) is 0 Å². The minimum Gasteiger partial charge on any atom is -0.344 e. The molecule has 1 aromatic heterocycles. The molecule has 5 heteroatoms. The first-order chi connectivity index (χ1) is 14.2. The average Bonchev–Trinajstić information content (AvgIpc) is 3.34. The van der Waals surface area contributed by atoms with Crippen molar-refractivity contribution in [3.05, 3.63) is 77.5 Å². The number of likely N-dealkylation sites (tertiary alicyclic amines) is 1. The van der Waals surface area contributed by atoms with Gasteiger partial charge >= 0.3 is 0 Å². The van der Waals surface area contributed by atoms with Crippen LogP contribution in [-0.4, -0.2) is 33.7 Å². The summed E-state index contributed by atoms with van der Waals surface area (Å²) >= 11 is 0. The van der Waals surface area contributed by atoms with Crippen LogP contribution in [0.4, 0.5) is 0 Å². The fourth-order valence-electron chi connectivity index (χ4n) is 4.38. The van der Waals surface area contributed by atoms with Crippen molar-refractivity contribution in [1.82, 2.24) is 14.9 Å². The second-order valence-corrected chi connectivity index (χ2v) is 7.67. The van der Waals surface area contributed by atoms with Crippen LogP contribution < -0.4 is 5.48 Å². The molecule has 3 aromatic rings. The summed E-state index contributed by atoms with van der Waals surface area (Å²) in [7, 11) is 0. The van der Waals surface area contributed by atoms with Crippen molar-refractivity contribution in [2.45, 2.75) is 32.4 Å². The van der Waals surface area contributed by atoms with Crippen molar-refractivity contribution < 1.29 is 10.0 Å². The van der Waals surface area contributed by atoms with E-state index >= 15 is 0 Å². The smallest absolute Gasteiger partial charge is 0.267 e. The van der Waals surface area contributed by atoms with Crippen LogP contribution in [0.1, 0.15) is 35.7 Å². The summed E-state index contributed by atoms with van der Waals surface area (Å²) in [4.78, 5) is 13.7. The molecule has 0 aliphatic carbocycles. The predicted octanol–water partition coefficient (Wildman–Crippen LogP) is 4.31. The number of hydroxylamine groups is 1. The zero-order chi connectivity index (χ0) is 20.2. The Morgan fingerprint density at radius 1 is 1.17 bits per heavy atom. The highest BCUT2D eigenvalue weighted by atomic mass is 16.5. The Labute approximate surface area is 171 Å². The zero-order valence-corrected chi connectivity index (χ0v) is 16.7. The van der Waals surface area contributed by atoms with Gasteiger partial charge in [0.2, 0.25) is 0 Å². The molecule has 1 saturated heterocycles. The second-order valence-electron chi connectivity index (χ2n) is 7.67. The standard InChI is InChI=1S/C24H27N3O2/c1-18-17-21-5-2-3-6-23(21)27(18)16-15-26-14-4-7-22(26)20-11-8-19(9-12-20)10-13-24(28)25-29/h2-3,5-6,8-13,17,22,29H,4,7,14-16H2,1H3,(H,25,28)/t22-/m0/s1. The van der Waals surface area contributed by atoms with E-state index in [2.05, 4.69) is 58.9 Å². The third kappa shape index (κ3) is 4.26. The molecule has 1 aliphatic rings. The number of carbonyl (C=O) groups is 1. The number of carbonyl (C=O) groups excluding carboxylic acids is 1. The van der Waals surface area contributed by atoms with Gasteiger partial charge in [0.05, 0.1) is 0 Å². The number of hydrogen-bond donors (Lipinski definition) is 2.